The first kappa shape index (κ1) is 29.3. The van der Waals surface area contributed by atoms with Crippen molar-refractivity contribution in [2.24, 2.45) is 0 Å². The summed E-state index contributed by atoms with van der Waals surface area (Å²) in [5.41, 5.74) is 0.962. The number of carbonyl (C=O) groups excluding carboxylic acids is 2. The third-order valence-corrected chi connectivity index (χ3v) is 7.22. The fourth-order valence-electron chi connectivity index (χ4n) is 3.40. The van der Waals surface area contributed by atoms with E-state index in [1.54, 1.807) is 38.3 Å². The smallest absolute Gasteiger partial charge is 0.244 e. The molecule has 0 heterocycles. The van der Waals surface area contributed by atoms with Crippen molar-refractivity contribution in [2.75, 3.05) is 31.3 Å². The quantitative estimate of drug-likeness (QED) is 0.443. The number of anilines is 1. The molecule has 0 bridgehead atoms. The number of nitrogens with one attached hydrogen (secondary N) is 1. The van der Waals surface area contributed by atoms with E-state index >= 15 is 0 Å². The normalized spacial score (nSPS) is 12.9. The van der Waals surface area contributed by atoms with E-state index in [1.807, 2.05) is 13.8 Å². The zero-order chi connectivity index (χ0) is 27.0. The number of methoxy groups -OCH3 is 2. The van der Waals surface area contributed by atoms with Crippen LogP contribution in [0, 0.1) is 0 Å². The number of nitrogens with zero attached hydrogens (tertiary/aromatic N) is 2. The Morgan fingerprint density at radius 2 is 1.69 bits per heavy atom. The Kier molecular flexibility index (Phi) is 10.4. The fraction of sp³-hybridized carbons (Fsp3) is 0.440. The van der Waals surface area contributed by atoms with Crippen LogP contribution in [0.25, 0.3) is 0 Å². The number of carbonyl (C=O) groups is 2. The van der Waals surface area contributed by atoms with Crippen LogP contribution in [0.3, 0.4) is 0 Å². The zero-order valence-electron chi connectivity index (χ0n) is 21.4. The Hall–Kier alpha value is -2.98. The van der Waals surface area contributed by atoms with Gasteiger partial charge in [0.15, 0.2) is 0 Å². The lowest BCUT2D eigenvalue weighted by Crippen LogP contribution is -2.52. The third kappa shape index (κ3) is 7.76. The molecule has 0 aliphatic heterocycles. The number of rotatable bonds is 12. The van der Waals surface area contributed by atoms with Crippen molar-refractivity contribution >= 4 is 39.1 Å². The summed E-state index contributed by atoms with van der Waals surface area (Å²) in [5, 5.41) is 3.09. The molecule has 0 saturated heterocycles. The maximum Gasteiger partial charge on any atom is 0.244 e. The Morgan fingerprint density at radius 3 is 2.19 bits per heavy atom. The molecule has 1 N–H and O–H groups in total. The summed E-state index contributed by atoms with van der Waals surface area (Å²) in [7, 11) is -0.865. The van der Waals surface area contributed by atoms with Gasteiger partial charge in [-0.05, 0) is 56.2 Å². The van der Waals surface area contributed by atoms with Crippen LogP contribution in [0.2, 0.25) is 5.02 Å². The lowest BCUT2D eigenvalue weighted by Gasteiger charge is -2.32. The van der Waals surface area contributed by atoms with Crippen LogP contribution in [-0.2, 0) is 26.2 Å². The second kappa shape index (κ2) is 12.8. The molecule has 0 saturated carbocycles. The first-order valence-corrected chi connectivity index (χ1v) is 13.7. The summed E-state index contributed by atoms with van der Waals surface area (Å²) >= 11 is 6.20. The predicted molar refractivity (Wildman–Crippen MR) is 141 cm³/mol. The van der Waals surface area contributed by atoms with Crippen molar-refractivity contribution in [3.05, 3.63) is 53.1 Å². The molecule has 0 aliphatic rings. The number of ether oxygens (including phenoxy) is 2. The second-order valence-corrected chi connectivity index (χ2v) is 10.8. The maximum absolute atomic E-state index is 13.6. The highest BCUT2D eigenvalue weighted by molar-refractivity contribution is 7.92. The molecule has 0 radical (unpaired) electrons. The van der Waals surface area contributed by atoms with Gasteiger partial charge in [-0.2, -0.15) is 0 Å². The molecule has 198 valence electrons. The number of hydrogen-bond acceptors (Lipinski definition) is 6. The molecular formula is C25H34ClN3O6S. The Morgan fingerprint density at radius 1 is 1.06 bits per heavy atom. The van der Waals surface area contributed by atoms with E-state index < -0.39 is 28.5 Å². The van der Waals surface area contributed by atoms with E-state index in [9.17, 15) is 18.0 Å². The number of sulfonamides is 1. The van der Waals surface area contributed by atoms with Crippen LogP contribution in [0.15, 0.2) is 42.5 Å². The summed E-state index contributed by atoms with van der Waals surface area (Å²) in [6.45, 7) is 5.02. The molecular weight excluding hydrogens is 506 g/mol. The topological polar surface area (TPSA) is 105 Å². The van der Waals surface area contributed by atoms with Gasteiger partial charge in [0, 0.05) is 12.6 Å². The molecule has 0 fully saturated rings. The standard InChI is InChI=1S/C25H34ClN3O6S/c1-7-17(2)27-25(31)18(3)28(15-19-8-11-21(34-4)12-9-19)24(30)16-29(36(6,32)33)20-10-13-23(35-5)22(26)14-20/h8-14,17-18H,7,15-16H2,1-6H3,(H,27,31)/t17-,18+/m0/s1. The Labute approximate surface area is 218 Å². The van der Waals surface area contributed by atoms with E-state index in [2.05, 4.69) is 5.32 Å². The second-order valence-electron chi connectivity index (χ2n) is 8.45. The minimum absolute atomic E-state index is 0.0770. The summed E-state index contributed by atoms with van der Waals surface area (Å²) in [6, 6.07) is 10.6. The van der Waals surface area contributed by atoms with E-state index in [0.717, 1.165) is 22.5 Å². The third-order valence-electron chi connectivity index (χ3n) is 5.78. The number of hydrogen-bond donors (Lipinski definition) is 1. The van der Waals surface area contributed by atoms with Gasteiger partial charge in [-0.15, -0.1) is 0 Å². The van der Waals surface area contributed by atoms with E-state index in [0.29, 0.717) is 11.5 Å². The van der Waals surface area contributed by atoms with Gasteiger partial charge in [-0.3, -0.25) is 13.9 Å². The van der Waals surface area contributed by atoms with Crippen LogP contribution in [-0.4, -0.2) is 64.2 Å². The van der Waals surface area contributed by atoms with Gasteiger partial charge < -0.3 is 19.7 Å². The summed E-state index contributed by atoms with van der Waals surface area (Å²) in [5.74, 6) is 0.148. The van der Waals surface area contributed by atoms with Crippen molar-refractivity contribution in [2.45, 2.75) is 45.8 Å². The minimum atomic E-state index is -3.86. The highest BCUT2D eigenvalue weighted by Crippen LogP contribution is 2.30. The van der Waals surface area contributed by atoms with Gasteiger partial charge in [0.2, 0.25) is 21.8 Å². The number of benzene rings is 2. The molecule has 0 aromatic heterocycles. The molecule has 2 aromatic carbocycles. The van der Waals surface area contributed by atoms with E-state index in [1.165, 1.54) is 30.2 Å². The molecule has 0 unspecified atom stereocenters. The van der Waals surface area contributed by atoms with Crippen molar-refractivity contribution < 1.29 is 27.5 Å². The van der Waals surface area contributed by atoms with Crippen molar-refractivity contribution in [3.8, 4) is 11.5 Å². The molecule has 0 aliphatic carbocycles. The van der Waals surface area contributed by atoms with Gasteiger partial charge >= 0.3 is 0 Å². The van der Waals surface area contributed by atoms with Gasteiger partial charge in [0.05, 0.1) is 31.2 Å². The van der Waals surface area contributed by atoms with E-state index in [4.69, 9.17) is 21.1 Å². The Bertz CT molecular complexity index is 1160. The Balaban J connectivity index is 2.41. The predicted octanol–water partition coefficient (Wildman–Crippen LogP) is 3.46. The maximum atomic E-state index is 13.6. The van der Waals surface area contributed by atoms with Crippen LogP contribution in [0.1, 0.15) is 32.8 Å². The SMILES string of the molecule is CC[C@H](C)NC(=O)[C@@H](C)N(Cc1ccc(OC)cc1)C(=O)CN(c1ccc(OC)c(Cl)c1)S(C)(=O)=O. The molecule has 2 aromatic rings. The van der Waals surface area contributed by atoms with Crippen molar-refractivity contribution in [1.29, 1.82) is 0 Å². The molecule has 2 rings (SSSR count). The van der Waals surface area contributed by atoms with Crippen LogP contribution >= 0.6 is 11.6 Å². The van der Waals surface area contributed by atoms with Crippen molar-refractivity contribution in [3.63, 3.8) is 0 Å². The number of amides is 2. The summed E-state index contributed by atoms with van der Waals surface area (Å²) < 4.78 is 36.6. The molecule has 0 spiro atoms. The summed E-state index contributed by atoms with van der Waals surface area (Å²) in [4.78, 5) is 27.9. The van der Waals surface area contributed by atoms with Gasteiger partial charge in [-0.25, -0.2) is 8.42 Å². The lowest BCUT2D eigenvalue weighted by atomic mass is 10.1. The van der Waals surface area contributed by atoms with Crippen molar-refractivity contribution in [1.82, 2.24) is 10.2 Å². The van der Waals surface area contributed by atoms with Crippen LogP contribution < -0.4 is 19.1 Å². The average molecular weight is 540 g/mol. The first-order valence-electron chi connectivity index (χ1n) is 11.4. The molecule has 2 amide bonds. The monoisotopic (exact) mass is 539 g/mol. The minimum Gasteiger partial charge on any atom is -0.497 e. The number of halogens is 1. The van der Waals surface area contributed by atoms with E-state index in [-0.39, 0.29) is 29.2 Å². The summed E-state index contributed by atoms with van der Waals surface area (Å²) in [6.07, 6.45) is 1.73. The van der Waals surface area contributed by atoms with Crippen LogP contribution in [0.4, 0.5) is 5.69 Å². The lowest BCUT2D eigenvalue weighted by molar-refractivity contribution is -0.139. The van der Waals surface area contributed by atoms with Gasteiger partial charge in [0.1, 0.15) is 24.1 Å². The zero-order valence-corrected chi connectivity index (χ0v) is 23.0. The highest BCUT2D eigenvalue weighted by Gasteiger charge is 2.30. The largest absolute Gasteiger partial charge is 0.497 e. The molecule has 11 heteroatoms. The highest BCUT2D eigenvalue weighted by atomic mass is 35.5. The molecule has 36 heavy (non-hydrogen) atoms. The average Bonchev–Trinajstić information content (AvgIpc) is 2.84. The van der Waals surface area contributed by atoms with Crippen LogP contribution in [0.5, 0.6) is 11.5 Å². The molecule has 9 nitrogen and oxygen atoms in total. The fourth-order valence-corrected chi connectivity index (χ4v) is 4.49. The van der Waals surface area contributed by atoms with Gasteiger partial charge in [0.25, 0.3) is 0 Å². The molecule has 2 atom stereocenters. The first-order chi connectivity index (χ1) is 16.9. The van der Waals surface area contributed by atoms with Gasteiger partial charge in [-0.1, -0.05) is 30.7 Å².